The normalized spacial score (nSPS) is 10.7. The van der Waals surface area contributed by atoms with Crippen LogP contribution in [0.2, 0.25) is 0 Å². The first-order chi connectivity index (χ1) is 12.6. The highest BCUT2D eigenvalue weighted by atomic mass is 16.6. The van der Waals surface area contributed by atoms with Crippen LogP contribution >= 0.6 is 0 Å². The van der Waals surface area contributed by atoms with Gasteiger partial charge in [-0.25, -0.2) is 4.79 Å². The molecular formula is C17H27NO8. The standard InChI is InChI=1S/C17H27NO8/c19-5-6-23-7-8-24-9-10-25-11-12-26-17(22)18-4-3-14-1-2-15(20)16(21)13-14/h1-2,13,19-21H,3-12H2,(H,18,22). The molecule has 9 nitrogen and oxygen atoms in total. The average Bonchev–Trinajstić information content (AvgIpc) is 2.62. The number of aliphatic hydroxyl groups is 1. The first kappa shape index (κ1) is 22.0. The van der Waals surface area contributed by atoms with Crippen molar-refractivity contribution in [2.75, 3.05) is 59.4 Å². The lowest BCUT2D eigenvalue weighted by Crippen LogP contribution is -2.27. The van der Waals surface area contributed by atoms with Crippen molar-refractivity contribution in [2.24, 2.45) is 0 Å². The smallest absolute Gasteiger partial charge is 0.407 e. The van der Waals surface area contributed by atoms with Gasteiger partial charge in [-0.2, -0.15) is 0 Å². The van der Waals surface area contributed by atoms with Gasteiger partial charge in [0, 0.05) is 6.54 Å². The van der Waals surface area contributed by atoms with Gasteiger partial charge in [0.2, 0.25) is 0 Å². The molecule has 9 heteroatoms. The molecule has 0 spiro atoms. The highest BCUT2D eigenvalue weighted by molar-refractivity contribution is 5.67. The second kappa shape index (κ2) is 14.1. The Morgan fingerprint density at radius 3 is 2.12 bits per heavy atom. The third kappa shape index (κ3) is 10.7. The number of aliphatic hydroxyl groups excluding tert-OH is 1. The minimum Gasteiger partial charge on any atom is -0.504 e. The summed E-state index contributed by atoms with van der Waals surface area (Å²) in [5.74, 6) is -0.370. The Kier molecular flexibility index (Phi) is 11.9. The topological polar surface area (TPSA) is 127 Å². The molecule has 0 fully saturated rings. The number of benzene rings is 1. The molecule has 0 unspecified atom stereocenters. The van der Waals surface area contributed by atoms with E-state index in [1.54, 1.807) is 6.07 Å². The quantitative estimate of drug-likeness (QED) is 0.273. The third-order valence-corrected chi connectivity index (χ3v) is 3.16. The largest absolute Gasteiger partial charge is 0.504 e. The molecule has 0 aromatic heterocycles. The minimum atomic E-state index is -0.547. The summed E-state index contributed by atoms with van der Waals surface area (Å²) in [5, 5.41) is 29.7. The van der Waals surface area contributed by atoms with Crippen molar-refractivity contribution >= 4 is 6.09 Å². The molecule has 148 valence electrons. The maximum Gasteiger partial charge on any atom is 0.407 e. The highest BCUT2D eigenvalue weighted by Crippen LogP contribution is 2.24. The van der Waals surface area contributed by atoms with Gasteiger partial charge in [0.15, 0.2) is 11.5 Å². The molecule has 1 amide bonds. The minimum absolute atomic E-state index is 0.00289. The molecule has 0 saturated carbocycles. The number of hydrogen-bond acceptors (Lipinski definition) is 8. The zero-order chi connectivity index (χ0) is 19.0. The van der Waals surface area contributed by atoms with Crippen molar-refractivity contribution in [2.45, 2.75) is 6.42 Å². The Labute approximate surface area is 152 Å². The number of rotatable bonds is 14. The fourth-order valence-electron chi connectivity index (χ4n) is 1.88. The number of carbonyl (C=O) groups excluding carboxylic acids is 1. The van der Waals surface area contributed by atoms with Crippen LogP contribution in [0.1, 0.15) is 5.56 Å². The number of alkyl carbamates (subject to hydrolysis) is 1. The van der Waals surface area contributed by atoms with Crippen LogP contribution in [-0.4, -0.2) is 80.8 Å². The molecule has 1 rings (SSSR count). The number of nitrogens with one attached hydrogen (secondary N) is 1. The zero-order valence-electron chi connectivity index (χ0n) is 14.7. The fourth-order valence-corrected chi connectivity index (χ4v) is 1.88. The van der Waals surface area contributed by atoms with E-state index in [1.807, 2.05) is 0 Å². The lowest BCUT2D eigenvalue weighted by atomic mass is 10.1. The van der Waals surface area contributed by atoms with E-state index in [1.165, 1.54) is 12.1 Å². The summed E-state index contributed by atoms with van der Waals surface area (Å²) < 4.78 is 20.4. The van der Waals surface area contributed by atoms with Gasteiger partial charge in [-0.1, -0.05) is 6.07 Å². The molecule has 1 aromatic rings. The van der Waals surface area contributed by atoms with Crippen LogP contribution in [0.3, 0.4) is 0 Å². The van der Waals surface area contributed by atoms with Crippen molar-refractivity contribution < 1.29 is 39.1 Å². The van der Waals surface area contributed by atoms with E-state index in [2.05, 4.69) is 5.32 Å². The summed E-state index contributed by atoms with van der Waals surface area (Å²) in [6.45, 7) is 2.69. The summed E-state index contributed by atoms with van der Waals surface area (Å²) in [5.41, 5.74) is 0.783. The zero-order valence-corrected chi connectivity index (χ0v) is 14.7. The van der Waals surface area contributed by atoms with Crippen LogP contribution in [0.4, 0.5) is 4.79 Å². The van der Waals surface area contributed by atoms with Crippen LogP contribution < -0.4 is 5.32 Å². The monoisotopic (exact) mass is 373 g/mol. The third-order valence-electron chi connectivity index (χ3n) is 3.16. The summed E-state index contributed by atoms with van der Waals surface area (Å²) in [6, 6.07) is 4.50. The Morgan fingerprint density at radius 2 is 1.50 bits per heavy atom. The number of carbonyl (C=O) groups is 1. The van der Waals surface area contributed by atoms with Crippen molar-refractivity contribution in [3.8, 4) is 11.5 Å². The molecule has 0 heterocycles. The van der Waals surface area contributed by atoms with E-state index in [0.717, 1.165) is 5.56 Å². The SMILES string of the molecule is O=C(NCCc1ccc(O)c(O)c1)OCCOCCOCCOCCO. The van der Waals surface area contributed by atoms with E-state index < -0.39 is 6.09 Å². The molecular weight excluding hydrogens is 346 g/mol. The van der Waals surface area contributed by atoms with Crippen molar-refractivity contribution in [3.63, 3.8) is 0 Å². The number of ether oxygens (including phenoxy) is 4. The van der Waals surface area contributed by atoms with Crippen LogP contribution in [0.5, 0.6) is 11.5 Å². The second-order valence-corrected chi connectivity index (χ2v) is 5.20. The summed E-state index contributed by atoms with van der Waals surface area (Å²) in [4.78, 5) is 11.5. The number of amides is 1. The molecule has 0 aliphatic carbocycles. The van der Waals surface area contributed by atoms with Crippen LogP contribution in [0.25, 0.3) is 0 Å². The predicted molar refractivity (Wildman–Crippen MR) is 92.4 cm³/mol. The Hall–Kier alpha value is -2.07. The number of phenols is 2. The van der Waals surface area contributed by atoms with Crippen LogP contribution in [-0.2, 0) is 25.4 Å². The van der Waals surface area contributed by atoms with Crippen molar-refractivity contribution in [3.05, 3.63) is 23.8 Å². The van der Waals surface area contributed by atoms with Gasteiger partial charge >= 0.3 is 6.09 Å². The lowest BCUT2D eigenvalue weighted by molar-refractivity contribution is 0.000763. The first-order valence-corrected chi connectivity index (χ1v) is 8.39. The van der Waals surface area contributed by atoms with Gasteiger partial charge in [0.25, 0.3) is 0 Å². The molecule has 0 saturated heterocycles. The van der Waals surface area contributed by atoms with Crippen LogP contribution in [0, 0.1) is 0 Å². The maximum atomic E-state index is 11.5. The van der Waals surface area contributed by atoms with E-state index in [4.69, 9.17) is 24.1 Å². The molecule has 26 heavy (non-hydrogen) atoms. The van der Waals surface area contributed by atoms with E-state index >= 15 is 0 Å². The number of aromatic hydroxyl groups is 2. The molecule has 0 aliphatic rings. The van der Waals surface area contributed by atoms with Gasteiger partial charge in [0.05, 0.1) is 46.2 Å². The molecule has 0 bridgehead atoms. The highest BCUT2D eigenvalue weighted by Gasteiger charge is 2.03. The van der Waals surface area contributed by atoms with Crippen molar-refractivity contribution in [1.82, 2.24) is 5.32 Å². The van der Waals surface area contributed by atoms with Crippen molar-refractivity contribution in [1.29, 1.82) is 0 Å². The van der Waals surface area contributed by atoms with E-state index in [0.29, 0.717) is 46.0 Å². The summed E-state index contributed by atoms with van der Waals surface area (Å²) >= 11 is 0. The molecule has 4 N–H and O–H groups in total. The molecule has 1 aromatic carbocycles. The Morgan fingerprint density at radius 1 is 0.885 bits per heavy atom. The summed E-state index contributed by atoms with van der Waals surface area (Å²) in [7, 11) is 0. The van der Waals surface area contributed by atoms with Gasteiger partial charge < -0.3 is 39.6 Å². The lowest BCUT2D eigenvalue weighted by Gasteiger charge is -2.08. The molecule has 0 atom stereocenters. The molecule has 0 aliphatic heterocycles. The molecule has 0 radical (unpaired) electrons. The van der Waals surface area contributed by atoms with Gasteiger partial charge in [-0.05, 0) is 24.1 Å². The fraction of sp³-hybridized carbons (Fsp3) is 0.588. The number of hydrogen-bond donors (Lipinski definition) is 4. The van der Waals surface area contributed by atoms with E-state index in [-0.39, 0.29) is 31.3 Å². The van der Waals surface area contributed by atoms with Gasteiger partial charge in [-0.15, -0.1) is 0 Å². The Balaban J connectivity index is 1.91. The van der Waals surface area contributed by atoms with Gasteiger partial charge in [-0.3, -0.25) is 0 Å². The summed E-state index contributed by atoms with van der Waals surface area (Å²) in [6.07, 6.45) is -0.0485. The van der Waals surface area contributed by atoms with Crippen LogP contribution in [0.15, 0.2) is 18.2 Å². The predicted octanol–water partition coefficient (Wildman–Crippen LogP) is 0.409. The van der Waals surface area contributed by atoms with Gasteiger partial charge in [0.1, 0.15) is 6.61 Å². The maximum absolute atomic E-state index is 11.5. The van der Waals surface area contributed by atoms with E-state index in [9.17, 15) is 15.0 Å². The average molecular weight is 373 g/mol. The number of phenolic OH excluding ortho intramolecular Hbond substituents is 2. The Bertz CT molecular complexity index is 512. The second-order valence-electron chi connectivity index (χ2n) is 5.20. The first-order valence-electron chi connectivity index (χ1n) is 8.39.